The predicted molar refractivity (Wildman–Crippen MR) is 87.6 cm³/mol. The van der Waals surface area contributed by atoms with Gasteiger partial charge in [0.25, 0.3) is 5.56 Å². The highest BCUT2D eigenvalue weighted by molar-refractivity contribution is 5.88. The summed E-state index contributed by atoms with van der Waals surface area (Å²) in [6.45, 7) is 1.89. The van der Waals surface area contributed by atoms with Crippen molar-refractivity contribution in [2.75, 3.05) is 0 Å². The normalized spacial score (nSPS) is 12.2. The molecule has 3 rings (SSSR count). The van der Waals surface area contributed by atoms with Gasteiger partial charge in [-0.2, -0.15) is 5.10 Å². The van der Waals surface area contributed by atoms with Crippen molar-refractivity contribution < 1.29 is 9.90 Å². The Balaban J connectivity index is 2.21. The number of aromatic nitrogens is 2. The van der Waals surface area contributed by atoms with E-state index in [-0.39, 0.29) is 5.56 Å². The largest absolute Gasteiger partial charge is 0.481 e. The van der Waals surface area contributed by atoms with E-state index in [1.165, 1.54) is 4.68 Å². The van der Waals surface area contributed by atoms with Gasteiger partial charge in [0.15, 0.2) is 0 Å². The van der Waals surface area contributed by atoms with Crippen LogP contribution in [0.15, 0.2) is 59.4 Å². The maximum absolute atomic E-state index is 12.6. The van der Waals surface area contributed by atoms with E-state index in [9.17, 15) is 14.7 Å². The van der Waals surface area contributed by atoms with E-state index in [4.69, 9.17) is 0 Å². The van der Waals surface area contributed by atoms with Crippen LogP contribution in [0.2, 0.25) is 0 Å². The first-order valence-corrected chi connectivity index (χ1v) is 7.34. The zero-order valence-corrected chi connectivity index (χ0v) is 12.6. The monoisotopic (exact) mass is 308 g/mol. The Morgan fingerprint density at radius 3 is 2.35 bits per heavy atom. The first-order chi connectivity index (χ1) is 11.1. The Morgan fingerprint density at radius 2 is 1.70 bits per heavy atom. The number of hydrogen-bond acceptors (Lipinski definition) is 3. The fraction of sp³-hybridized carbons (Fsp3) is 0.167. The fourth-order valence-electron chi connectivity index (χ4n) is 2.56. The van der Waals surface area contributed by atoms with E-state index in [2.05, 4.69) is 5.10 Å². The molecule has 0 radical (unpaired) electrons. The quantitative estimate of drug-likeness (QED) is 0.804. The third-order valence-corrected chi connectivity index (χ3v) is 3.85. The van der Waals surface area contributed by atoms with Gasteiger partial charge in [-0.05, 0) is 18.6 Å². The van der Waals surface area contributed by atoms with Crippen LogP contribution < -0.4 is 5.56 Å². The number of fused-ring (bicyclic) bond motifs is 1. The predicted octanol–water partition coefficient (Wildman–Crippen LogP) is 2.63. The maximum atomic E-state index is 12.6. The van der Waals surface area contributed by atoms with Crippen LogP contribution >= 0.6 is 0 Å². The number of nitrogens with zero attached hydrogens (tertiary/aromatic N) is 2. The molecule has 1 aromatic heterocycles. The van der Waals surface area contributed by atoms with Crippen LogP contribution in [0.4, 0.5) is 0 Å². The van der Waals surface area contributed by atoms with E-state index in [1.54, 1.807) is 31.2 Å². The molecule has 0 spiro atoms. The second kappa shape index (κ2) is 6.04. The first kappa shape index (κ1) is 15.0. The molecule has 23 heavy (non-hydrogen) atoms. The third kappa shape index (κ3) is 2.85. The smallest absolute Gasteiger partial charge is 0.312 e. The number of aliphatic carboxylic acids is 1. The number of carboxylic acids is 1. The number of benzene rings is 2. The first-order valence-electron chi connectivity index (χ1n) is 7.34. The van der Waals surface area contributed by atoms with Gasteiger partial charge >= 0.3 is 5.97 Å². The molecule has 116 valence electrons. The Hall–Kier alpha value is -2.95. The summed E-state index contributed by atoms with van der Waals surface area (Å²) in [4.78, 5) is 24.0. The minimum atomic E-state index is -0.965. The van der Waals surface area contributed by atoms with Crippen molar-refractivity contribution in [1.29, 1.82) is 0 Å². The molecule has 5 nitrogen and oxygen atoms in total. The van der Waals surface area contributed by atoms with Crippen molar-refractivity contribution in [3.05, 3.63) is 76.2 Å². The van der Waals surface area contributed by atoms with Crippen LogP contribution in [-0.2, 0) is 11.3 Å². The van der Waals surface area contributed by atoms with Crippen molar-refractivity contribution in [1.82, 2.24) is 9.78 Å². The molecule has 1 unspecified atom stereocenters. The Kier molecular flexibility index (Phi) is 3.93. The lowest BCUT2D eigenvalue weighted by Gasteiger charge is -2.13. The van der Waals surface area contributed by atoms with Gasteiger partial charge in [-0.1, -0.05) is 48.5 Å². The summed E-state index contributed by atoms with van der Waals surface area (Å²) in [5, 5.41) is 14.7. The van der Waals surface area contributed by atoms with E-state index in [0.717, 1.165) is 5.56 Å². The van der Waals surface area contributed by atoms with Gasteiger partial charge in [0, 0.05) is 5.39 Å². The minimum absolute atomic E-state index is 0.217. The molecule has 0 aliphatic rings. The van der Waals surface area contributed by atoms with Crippen molar-refractivity contribution in [2.45, 2.75) is 19.4 Å². The van der Waals surface area contributed by atoms with Crippen LogP contribution in [0.1, 0.15) is 24.1 Å². The summed E-state index contributed by atoms with van der Waals surface area (Å²) in [6, 6.07) is 16.5. The van der Waals surface area contributed by atoms with Crippen LogP contribution in [0.5, 0.6) is 0 Å². The lowest BCUT2D eigenvalue weighted by molar-refractivity contribution is -0.138. The molecule has 0 saturated carbocycles. The molecule has 0 aliphatic carbocycles. The second-order valence-electron chi connectivity index (χ2n) is 5.44. The van der Waals surface area contributed by atoms with E-state index in [0.29, 0.717) is 23.0 Å². The molecule has 1 heterocycles. The average Bonchev–Trinajstić information content (AvgIpc) is 2.57. The highest BCUT2D eigenvalue weighted by Crippen LogP contribution is 2.21. The molecule has 0 bridgehead atoms. The van der Waals surface area contributed by atoms with Gasteiger partial charge in [0.05, 0.1) is 23.5 Å². The molecule has 1 atom stereocenters. The van der Waals surface area contributed by atoms with E-state index in [1.807, 2.05) is 30.3 Å². The highest BCUT2D eigenvalue weighted by atomic mass is 16.4. The van der Waals surface area contributed by atoms with E-state index >= 15 is 0 Å². The zero-order chi connectivity index (χ0) is 16.4. The molecule has 0 aliphatic heterocycles. The third-order valence-electron chi connectivity index (χ3n) is 3.85. The maximum Gasteiger partial charge on any atom is 0.312 e. The Bertz CT molecular complexity index is 916. The molecule has 0 saturated heterocycles. The Labute approximate surface area is 132 Å². The lowest BCUT2D eigenvalue weighted by atomic mass is 10.0. The average molecular weight is 308 g/mol. The van der Waals surface area contributed by atoms with Crippen LogP contribution in [0.25, 0.3) is 10.8 Å². The SMILES string of the molecule is CC(C(=O)O)c1nn(Cc2ccccc2)c(=O)c2ccccc12. The van der Waals surface area contributed by atoms with Crippen molar-refractivity contribution in [3.63, 3.8) is 0 Å². The molecule has 3 aromatic rings. The molecular weight excluding hydrogens is 292 g/mol. The minimum Gasteiger partial charge on any atom is -0.481 e. The van der Waals surface area contributed by atoms with Gasteiger partial charge < -0.3 is 5.11 Å². The van der Waals surface area contributed by atoms with Crippen molar-refractivity contribution >= 4 is 16.7 Å². The molecular formula is C18H16N2O3. The summed E-state index contributed by atoms with van der Waals surface area (Å²) >= 11 is 0. The number of carboxylic acid groups (broad SMARTS) is 1. The van der Waals surface area contributed by atoms with Gasteiger partial charge in [0.2, 0.25) is 0 Å². The van der Waals surface area contributed by atoms with Gasteiger partial charge in [-0.3, -0.25) is 9.59 Å². The van der Waals surface area contributed by atoms with Crippen molar-refractivity contribution in [2.24, 2.45) is 0 Å². The van der Waals surface area contributed by atoms with Crippen LogP contribution in [0, 0.1) is 0 Å². The number of rotatable bonds is 4. The Morgan fingerprint density at radius 1 is 1.09 bits per heavy atom. The molecule has 0 amide bonds. The lowest BCUT2D eigenvalue weighted by Crippen LogP contribution is -2.27. The number of hydrogen-bond donors (Lipinski definition) is 1. The summed E-state index contributed by atoms with van der Waals surface area (Å²) in [5.74, 6) is -1.75. The second-order valence-corrected chi connectivity index (χ2v) is 5.44. The topological polar surface area (TPSA) is 72.2 Å². The van der Waals surface area contributed by atoms with E-state index < -0.39 is 11.9 Å². The van der Waals surface area contributed by atoms with Crippen molar-refractivity contribution in [3.8, 4) is 0 Å². The molecule has 2 aromatic carbocycles. The van der Waals surface area contributed by atoms with Gasteiger partial charge in [0.1, 0.15) is 0 Å². The number of carbonyl (C=O) groups is 1. The summed E-state index contributed by atoms with van der Waals surface area (Å²) in [6.07, 6.45) is 0. The fourth-order valence-corrected chi connectivity index (χ4v) is 2.56. The summed E-state index contributed by atoms with van der Waals surface area (Å²) in [5.41, 5.74) is 1.13. The summed E-state index contributed by atoms with van der Waals surface area (Å²) in [7, 11) is 0. The zero-order valence-electron chi connectivity index (χ0n) is 12.6. The molecule has 5 heteroatoms. The van der Waals surface area contributed by atoms with Crippen LogP contribution in [-0.4, -0.2) is 20.9 Å². The highest BCUT2D eigenvalue weighted by Gasteiger charge is 2.21. The van der Waals surface area contributed by atoms with Gasteiger partial charge in [-0.25, -0.2) is 4.68 Å². The van der Waals surface area contributed by atoms with Crippen LogP contribution in [0.3, 0.4) is 0 Å². The standard InChI is InChI=1S/C18H16N2O3/c1-12(18(22)23)16-14-9-5-6-10-15(14)17(21)20(19-16)11-13-7-3-2-4-8-13/h2-10,12H,11H2,1H3,(H,22,23). The van der Waals surface area contributed by atoms with Gasteiger partial charge in [-0.15, -0.1) is 0 Å². The molecule has 1 N–H and O–H groups in total. The summed E-state index contributed by atoms with van der Waals surface area (Å²) < 4.78 is 1.34. The molecule has 0 fully saturated rings.